The molecule has 0 radical (unpaired) electrons. The maximum Gasteiger partial charge on any atom is 0.329 e. The summed E-state index contributed by atoms with van der Waals surface area (Å²) in [5.74, 6) is 0.603. The van der Waals surface area contributed by atoms with Gasteiger partial charge in [-0.25, -0.2) is 17.8 Å². The first-order valence-electron chi connectivity index (χ1n) is 10.9. The Hall–Kier alpha value is -3.68. The van der Waals surface area contributed by atoms with Crippen molar-refractivity contribution in [2.75, 3.05) is 29.6 Å². The van der Waals surface area contributed by atoms with Crippen LogP contribution in [0.2, 0.25) is 0 Å². The molecule has 1 N–H and O–H groups in total. The normalized spacial score (nSPS) is 14.9. The van der Waals surface area contributed by atoms with Crippen LogP contribution in [0.3, 0.4) is 0 Å². The summed E-state index contributed by atoms with van der Waals surface area (Å²) < 4.78 is 43.1. The predicted octanol–water partition coefficient (Wildman–Crippen LogP) is 3.56. The van der Waals surface area contributed by atoms with E-state index >= 15 is 0 Å². The van der Waals surface area contributed by atoms with Gasteiger partial charge < -0.3 is 14.7 Å². The van der Waals surface area contributed by atoms with Crippen LogP contribution in [-0.4, -0.2) is 52.8 Å². The molecule has 1 saturated heterocycles. The number of hydrogen-bond donors (Lipinski definition) is 1. The molecule has 2 aromatic heterocycles. The maximum atomic E-state index is 14.5. The molecule has 4 rings (SSSR count). The molecule has 0 atom stereocenters. The average Bonchev–Trinajstić information content (AvgIpc) is 3.30. The number of nitrogens with one attached hydrogen (secondary N) is 1. The van der Waals surface area contributed by atoms with Gasteiger partial charge in [0.05, 0.1) is 15.5 Å². The Morgan fingerprint density at radius 3 is 2.54 bits per heavy atom. The molecule has 0 spiro atoms. The SMILES string of the molecule is CC(C)c1noc(C2CCN(c3nc(Nc4ccc(S(C)(=O)=O)cc4F)ncc3[N+](=O)[O-])CC2)n1. The number of benzene rings is 1. The molecule has 1 aliphatic rings. The van der Waals surface area contributed by atoms with Gasteiger partial charge in [-0.15, -0.1) is 0 Å². The van der Waals surface area contributed by atoms with Crippen molar-refractivity contribution in [3.8, 4) is 0 Å². The fourth-order valence-electron chi connectivity index (χ4n) is 3.72. The minimum absolute atomic E-state index is 0.0344. The Bertz CT molecular complexity index is 1350. The van der Waals surface area contributed by atoms with E-state index in [-0.39, 0.29) is 39.9 Å². The molecule has 1 fully saturated rings. The molecular weight excluding hydrogens is 481 g/mol. The van der Waals surface area contributed by atoms with E-state index in [4.69, 9.17) is 4.52 Å². The molecule has 1 aliphatic heterocycles. The van der Waals surface area contributed by atoms with Crippen molar-refractivity contribution in [3.05, 3.63) is 52.0 Å². The minimum atomic E-state index is -3.57. The third-order valence-corrected chi connectivity index (χ3v) is 6.79. The van der Waals surface area contributed by atoms with Crippen LogP contribution in [0.15, 0.2) is 33.8 Å². The molecular formula is C21H24FN7O5S. The molecule has 186 valence electrons. The Labute approximate surface area is 200 Å². The summed E-state index contributed by atoms with van der Waals surface area (Å²) in [5.41, 5.74) is -0.338. The van der Waals surface area contributed by atoms with Crippen LogP contribution >= 0.6 is 0 Å². The molecule has 14 heteroatoms. The highest BCUT2D eigenvalue weighted by atomic mass is 32.2. The zero-order chi connectivity index (χ0) is 25.3. The van der Waals surface area contributed by atoms with Gasteiger partial charge in [0.2, 0.25) is 17.7 Å². The van der Waals surface area contributed by atoms with E-state index in [1.165, 1.54) is 12.1 Å². The van der Waals surface area contributed by atoms with Crippen molar-refractivity contribution >= 4 is 33.0 Å². The predicted molar refractivity (Wildman–Crippen MR) is 124 cm³/mol. The van der Waals surface area contributed by atoms with Crippen LogP contribution in [0, 0.1) is 15.9 Å². The van der Waals surface area contributed by atoms with Crippen LogP contribution in [0.4, 0.5) is 27.5 Å². The zero-order valence-corrected chi connectivity index (χ0v) is 20.1. The number of sulfone groups is 1. The lowest BCUT2D eigenvalue weighted by Gasteiger charge is -2.30. The first-order chi connectivity index (χ1) is 16.5. The van der Waals surface area contributed by atoms with Crippen LogP contribution in [-0.2, 0) is 9.84 Å². The molecule has 1 aromatic carbocycles. The molecule has 0 aliphatic carbocycles. The fraction of sp³-hybridized carbons (Fsp3) is 0.429. The first-order valence-corrected chi connectivity index (χ1v) is 12.8. The third kappa shape index (κ3) is 5.37. The second kappa shape index (κ2) is 9.52. The maximum absolute atomic E-state index is 14.5. The molecule has 3 heterocycles. The van der Waals surface area contributed by atoms with Gasteiger partial charge in [0, 0.05) is 31.2 Å². The molecule has 0 saturated carbocycles. The van der Waals surface area contributed by atoms with Crippen molar-refractivity contribution < 1.29 is 22.3 Å². The van der Waals surface area contributed by atoms with Crippen molar-refractivity contribution in [3.63, 3.8) is 0 Å². The van der Waals surface area contributed by atoms with Crippen molar-refractivity contribution in [2.45, 2.75) is 43.4 Å². The number of piperidine rings is 1. The van der Waals surface area contributed by atoms with Crippen molar-refractivity contribution in [2.24, 2.45) is 0 Å². The Balaban J connectivity index is 1.54. The van der Waals surface area contributed by atoms with E-state index in [0.29, 0.717) is 37.6 Å². The molecule has 35 heavy (non-hydrogen) atoms. The third-order valence-electron chi connectivity index (χ3n) is 5.68. The Morgan fingerprint density at radius 1 is 1.26 bits per heavy atom. The number of hydrogen-bond acceptors (Lipinski definition) is 11. The highest BCUT2D eigenvalue weighted by molar-refractivity contribution is 7.90. The van der Waals surface area contributed by atoms with Crippen molar-refractivity contribution in [1.29, 1.82) is 0 Å². The number of halogens is 1. The summed E-state index contributed by atoms with van der Waals surface area (Å²) in [4.78, 5) is 25.3. The smallest absolute Gasteiger partial charge is 0.329 e. The number of rotatable bonds is 7. The molecule has 0 unspecified atom stereocenters. The van der Waals surface area contributed by atoms with Gasteiger partial charge in [-0.3, -0.25) is 10.1 Å². The zero-order valence-electron chi connectivity index (χ0n) is 19.3. The van der Waals surface area contributed by atoms with Gasteiger partial charge in [0.25, 0.3) is 0 Å². The summed E-state index contributed by atoms with van der Waals surface area (Å²) in [6.45, 7) is 4.86. The molecule has 0 amide bonds. The van der Waals surface area contributed by atoms with Gasteiger partial charge >= 0.3 is 5.69 Å². The standard InChI is InChI=1S/C21H24FN7O5S/c1-12(2)18-25-20(34-27-18)13-6-8-28(9-7-13)19-17(29(30)31)11-23-21(26-19)24-16-5-4-14(10-15(16)22)35(3,32)33/h4-5,10-13H,6-9H2,1-3H3,(H,23,24,26). The summed E-state index contributed by atoms with van der Waals surface area (Å²) in [6.07, 6.45) is 3.30. The van der Waals surface area contributed by atoms with E-state index < -0.39 is 20.6 Å². The van der Waals surface area contributed by atoms with E-state index in [1.807, 2.05) is 13.8 Å². The van der Waals surface area contributed by atoms with Gasteiger partial charge in [-0.2, -0.15) is 9.97 Å². The average molecular weight is 506 g/mol. The van der Waals surface area contributed by atoms with Gasteiger partial charge in [-0.1, -0.05) is 19.0 Å². The van der Waals surface area contributed by atoms with E-state index in [2.05, 4.69) is 25.4 Å². The van der Waals surface area contributed by atoms with Crippen LogP contribution < -0.4 is 10.2 Å². The quantitative estimate of drug-likeness (QED) is 0.370. The monoisotopic (exact) mass is 505 g/mol. The summed E-state index contributed by atoms with van der Waals surface area (Å²) in [7, 11) is -3.57. The second-order valence-electron chi connectivity index (χ2n) is 8.61. The van der Waals surface area contributed by atoms with E-state index in [1.54, 1.807) is 4.90 Å². The Kier molecular flexibility index (Phi) is 6.65. The second-order valence-corrected chi connectivity index (χ2v) is 10.6. The highest BCUT2D eigenvalue weighted by Crippen LogP contribution is 2.34. The minimum Gasteiger partial charge on any atom is -0.351 e. The molecule has 3 aromatic rings. The largest absolute Gasteiger partial charge is 0.351 e. The summed E-state index contributed by atoms with van der Waals surface area (Å²) in [6, 6.07) is 3.38. The first kappa shape index (κ1) is 24.4. The summed E-state index contributed by atoms with van der Waals surface area (Å²) >= 11 is 0. The number of nitro groups is 1. The van der Waals surface area contributed by atoms with Gasteiger partial charge in [-0.05, 0) is 31.0 Å². The topological polar surface area (TPSA) is 157 Å². The molecule has 12 nitrogen and oxygen atoms in total. The lowest BCUT2D eigenvalue weighted by molar-refractivity contribution is -0.384. The Morgan fingerprint density at radius 2 is 1.97 bits per heavy atom. The van der Waals surface area contributed by atoms with Gasteiger partial charge in [0.1, 0.15) is 12.0 Å². The lowest BCUT2D eigenvalue weighted by atomic mass is 9.96. The fourth-order valence-corrected chi connectivity index (χ4v) is 4.36. The van der Waals surface area contributed by atoms with Crippen molar-refractivity contribution in [1.82, 2.24) is 20.1 Å². The van der Waals surface area contributed by atoms with E-state index in [0.717, 1.165) is 18.5 Å². The number of aromatic nitrogens is 4. The van der Waals surface area contributed by atoms with E-state index in [9.17, 15) is 22.9 Å². The number of nitrogens with zero attached hydrogens (tertiary/aromatic N) is 6. The highest BCUT2D eigenvalue weighted by Gasteiger charge is 2.30. The van der Waals surface area contributed by atoms with Crippen LogP contribution in [0.1, 0.15) is 50.2 Å². The van der Waals surface area contributed by atoms with Crippen LogP contribution in [0.5, 0.6) is 0 Å². The summed E-state index contributed by atoms with van der Waals surface area (Å²) in [5, 5.41) is 18.3. The van der Waals surface area contributed by atoms with Crippen LogP contribution in [0.25, 0.3) is 0 Å². The lowest BCUT2D eigenvalue weighted by Crippen LogP contribution is -2.34. The number of anilines is 3. The molecule has 0 bridgehead atoms. The van der Waals surface area contributed by atoms with Gasteiger partial charge in [0.15, 0.2) is 15.7 Å².